The highest BCUT2D eigenvalue weighted by atomic mass is 16.3. The molecule has 1 aromatic carbocycles. The van der Waals surface area contributed by atoms with E-state index in [4.69, 9.17) is 4.98 Å². The lowest BCUT2D eigenvalue weighted by molar-refractivity contribution is 0.0738. The molecular weight excluding hydrogens is 428 g/mol. The van der Waals surface area contributed by atoms with Crippen molar-refractivity contribution >= 4 is 22.5 Å². The molecule has 0 bridgehead atoms. The molecule has 8 heteroatoms. The van der Waals surface area contributed by atoms with Crippen molar-refractivity contribution in [1.29, 1.82) is 0 Å². The zero-order chi connectivity index (χ0) is 24.0. The summed E-state index contributed by atoms with van der Waals surface area (Å²) in [4.78, 5) is 22.8. The fraction of sp³-hybridized carbons (Fsp3) is 0.346. The predicted molar refractivity (Wildman–Crippen MR) is 134 cm³/mol. The predicted octanol–water partition coefficient (Wildman–Crippen LogP) is 3.78. The highest BCUT2D eigenvalue weighted by Gasteiger charge is 2.22. The van der Waals surface area contributed by atoms with Crippen LogP contribution in [0.3, 0.4) is 0 Å². The number of anilines is 2. The van der Waals surface area contributed by atoms with Crippen LogP contribution in [0.15, 0.2) is 53.3 Å². The smallest absolute Gasteiger partial charge is 0.276 e. The Labute approximate surface area is 198 Å². The minimum atomic E-state index is -1.11. The molecule has 5 rings (SSSR count). The number of aliphatic hydroxyl groups is 1. The molecule has 0 unspecified atom stereocenters. The van der Waals surface area contributed by atoms with E-state index in [2.05, 4.69) is 33.8 Å². The van der Waals surface area contributed by atoms with Crippen molar-refractivity contribution in [1.82, 2.24) is 24.6 Å². The lowest BCUT2D eigenvalue weighted by Gasteiger charge is -2.19. The Morgan fingerprint density at radius 3 is 2.68 bits per heavy atom. The van der Waals surface area contributed by atoms with Gasteiger partial charge in [-0.25, -0.2) is 19.3 Å². The van der Waals surface area contributed by atoms with Gasteiger partial charge in [0.05, 0.1) is 11.1 Å². The standard InChI is InChI=1S/C26H30N6O2/c1-16(2)31-25(33)20-10-11-22(28-19-9-8-18-15-27-13-12-17(18)14-19)30-24(20)32(31)23-7-5-6-21(29-23)26(3,4)34/h5-11,14,16,27,34H,12-13,15H2,1-4H3,(H,28,30). The Hall–Kier alpha value is -3.49. The SMILES string of the molecule is CC(C)n1c(=O)c2ccc(Nc3ccc4c(c3)CCNC4)nc2n1-c1cccc(C(C)(C)O)n1. The van der Waals surface area contributed by atoms with Gasteiger partial charge in [-0.05, 0) is 88.2 Å². The van der Waals surface area contributed by atoms with Gasteiger partial charge in [-0.2, -0.15) is 0 Å². The van der Waals surface area contributed by atoms with Crippen molar-refractivity contribution in [3.8, 4) is 5.82 Å². The molecule has 34 heavy (non-hydrogen) atoms. The van der Waals surface area contributed by atoms with Crippen molar-refractivity contribution < 1.29 is 5.11 Å². The van der Waals surface area contributed by atoms with E-state index in [1.165, 1.54) is 11.1 Å². The molecule has 0 fully saturated rings. The largest absolute Gasteiger partial charge is 0.384 e. The molecule has 176 valence electrons. The van der Waals surface area contributed by atoms with Crippen molar-refractivity contribution in [2.75, 3.05) is 11.9 Å². The summed E-state index contributed by atoms with van der Waals surface area (Å²) in [5.74, 6) is 1.18. The van der Waals surface area contributed by atoms with E-state index < -0.39 is 5.60 Å². The van der Waals surface area contributed by atoms with Crippen LogP contribution in [0, 0.1) is 0 Å². The van der Waals surface area contributed by atoms with Crippen molar-refractivity contribution in [3.63, 3.8) is 0 Å². The van der Waals surface area contributed by atoms with Crippen LogP contribution < -0.4 is 16.2 Å². The second-order valence-electron chi connectivity index (χ2n) is 9.60. The van der Waals surface area contributed by atoms with Gasteiger partial charge >= 0.3 is 0 Å². The number of hydrogen-bond acceptors (Lipinski definition) is 6. The minimum absolute atomic E-state index is 0.111. The molecule has 0 atom stereocenters. The summed E-state index contributed by atoms with van der Waals surface area (Å²) in [6.07, 6.45) is 0.997. The number of rotatable bonds is 5. The number of nitrogens with zero attached hydrogens (tertiary/aromatic N) is 4. The van der Waals surface area contributed by atoms with Gasteiger partial charge in [0.25, 0.3) is 5.56 Å². The minimum Gasteiger partial charge on any atom is -0.384 e. The second kappa shape index (κ2) is 8.38. The Morgan fingerprint density at radius 2 is 1.91 bits per heavy atom. The molecule has 0 saturated carbocycles. The molecule has 4 aromatic rings. The molecule has 0 saturated heterocycles. The zero-order valence-corrected chi connectivity index (χ0v) is 20.0. The van der Waals surface area contributed by atoms with Crippen LogP contribution in [0.1, 0.15) is 50.6 Å². The maximum absolute atomic E-state index is 13.3. The van der Waals surface area contributed by atoms with Crippen LogP contribution in [0.2, 0.25) is 0 Å². The summed E-state index contributed by atoms with van der Waals surface area (Å²) in [7, 11) is 0. The molecule has 0 spiro atoms. The Kier molecular flexibility index (Phi) is 5.50. The third-order valence-corrected chi connectivity index (χ3v) is 6.16. The molecule has 3 N–H and O–H groups in total. The van der Waals surface area contributed by atoms with Gasteiger partial charge < -0.3 is 15.7 Å². The van der Waals surface area contributed by atoms with E-state index in [9.17, 15) is 9.90 Å². The van der Waals surface area contributed by atoms with Gasteiger partial charge in [-0.1, -0.05) is 12.1 Å². The quantitative estimate of drug-likeness (QED) is 0.421. The molecule has 3 aromatic heterocycles. The molecule has 0 aliphatic carbocycles. The third kappa shape index (κ3) is 3.99. The molecule has 0 radical (unpaired) electrons. The lowest BCUT2D eigenvalue weighted by Crippen LogP contribution is -2.25. The number of fused-ring (bicyclic) bond motifs is 2. The first kappa shape index (κ1) is 22.3. The van der Waals surface area contributed by atoms with Gasteiger partial charge in [-0.3, -0.25) is 4.79 Å². The van der Waals surface area contributed by atoms with Gasteiger partial charge in [0.2, 0.25) is 0 Å². The monoisotopic (exact) mass is 458 g/mol. The average Bonchev–Trinajstić information content (AvgIpc) is 3.10. The summed E-state index contributed by atoms with van der Waals surface area (Å²) in [5, 5.41) is 17.8. The number of aromatic nitrogens is 4. The Morgan fingerprint density at radius 1 is 1.09 bits per heavy atom. The summed E-state index contributed by atoms with van der Waals surface area (Å²) < 4.78 is 3.41. The van der Waals surface area contributed by atoms with Gasteiger partial charge in [0, 0.05) is 18.3 Å². The van der Waals surface area contributed by atoms with E-state index in [1.54, 1.807) is 29.3 Å². The molecule has 4 heterocycles. The van der Waals surface area contributed by atoms with Crippen LogP contribution in [0.4, 0.5) is 11.5 Å². The summed E-state index contributed by atoms with van der Waals surface area (Å²) in [6, 6.07) is 15.3. The summed E-state index contributed by atoms with van der Waals surface area (Å²) in [5.41, 5.74) is 3.43. The average molecular weight is 459 g/mol. The van der Waals surface area contributed by atoms with Crippen molar-refractivity contribution in [3.05, 3.63) is 75.7 Å². The molecular formula is C26H30N6O2. The maximum Gasteiger partial charge on any atom is 0.276 e. The lowest BCUT2D eigenvalue weighted by atomic mass is 10.0. The fourth-order valence-electron chi connectivity index (χ4n) is 4.43. The van der Waals surface area contributed by atoms with Gasteiger partial charge in [0.15, 0.2) is 11.5 Å². The third-order valence-electron chi connectivity index (χ3n) is 6.16. The van der Waals surface area contributed by atoms with Crippen LogP contribution in [0.5, 0.6) is 0 Å². The first-order valence-electron chi connectivity index (χ1n) is 11.7. The molecule has 0 amide bonds. The van der Waals surface area contributed by atoms with E-state index in [0.717, 1.165) is 25.2 Å². The molecule has 8 nitrogen and oxygen atoms in total. The first-order valence-corrected chi connectivity index (χ1v) is 11.7. The normalized spacial score (nSPS) is 13.9. The van der Waals surface area contributed by atoms with E-state index >= 15 is 0 Å². The van der Waals surface area contributed by atoms with Crippen LogP contribution >= 0.6 is 0 Å². The summed E-state index contributed by atoms with van der Waals surface area (Å²) in [6.45, 7) is 9.17. The molecule has 1 aliphatic rings. The van der Waals surface area contributed by atoms with Crippen LogP contribution in [-0.4, -0.2) is 31.0 Å². The van der Waals surface area contributed by atoms with Crippen LogP contribution in [0.25, 0.3) is 16.9 Å². The Bertz CT molecular complexity index is 1430. The fourth-order valence-corrected chi connectivity index (χ4v) is 4.43. The van der Waals surface area contributed by atoms with E-state index in [0.29, 0.717) is 28.4 Å². The zero-order valence-electron chi connectivity index (χ0n) is 20.0. The number of hydrogen-bond donors (Lipinski definition) is 3. The van der Waals surface area contributed by atoms with Crippen LogP contribution in [-0.2, 0) is 18.6 Å². The van der Waals surface area contributed by atoms with E-state index in [1.807, 2.05) is 38.1 Å². The van der Waals surface area contributed by atoms with Crippen molar-refractivity contribution in [2.24, 2.45) is 0 Å². The van der Waals surface area contributed by atoms with Gasteiger partial charge in [-0.15, -0.1) is 0 Å². The highest BCUT2D eigenvalue weighted by molar-refractivity contribution is 5.79. The van der Waals surface area contributed by atoms with Crippen molar-refractivity contribution in [2.45, 2.75) is 52.3 Å². The second-order valence-corrected chi connectivity index (χ2v) is 9.60. The number of benzene rings is 1. The summed E-state index contributed by atoms with van der Waals surface area (Å²) >= 11 is 0. The molecule has 1 aliphatic heterocycles. The van der Waals surface area contributed by atoms with E-state index in [-0.39, 0.29) is 11.6 Å². The number of nitrogens with one attached hydrogen (secondary N) is 2. The van der Waals surface area contributed by atoms with Gasteiger partial charge in [0.1, 0.15) is 11.4 Å². The topological polar surface area (TPSA) is 97.0 Å². The Balaban J connectivity index is 1.63. The number of pyridine rings is 2. The maximum atomic E-state index is 13.3. The first-order chi connectivity index (χ1) is 16.2. The highest BCUT2D eigenvalue weighted by Crippen LogP contribution is 2.25.